The fourth-order valence-corrected chi connectivity index (χ4v) is 1.56. The molecule has 1 fully saturated rings. The van der Waals surface area contributed by atoms with Gasteiger partial charge < -0.3 is 10.4 Å². The Morgan fingerprint density at radius 1 is 1.50 bits per heavy atom. The third-order valence-corrected chi connectivity index (χ3v) is 2.48. The molecule has 1 aliphatic carbocycles. The molecule has 1 saturated carbocycles. The number of aliphatic hydroxyl groups excluding tert-OH is 1. The quantitative estimate of drug-likeness (QED) is 0.738. The van der Waals surface area contributed by atoms with Gasteiger partial charge in [0.05, 0.1) is 11.7 Å². The van der Waals surface area contributed by atoms with E-state index < -0.39 is 0 Å². The molecular weight excluding hydrogens is 176 g/mol. The molecule has 1 heterocycles. The second kappa shape index (κ2) is 4.53. The van der Waals surface area contributed by atoms with Crippen molar-refractivity contribution in [3.05, 3.63) is 30.1 Å². The van der Waals surface area contributed by atoms with Gasteiger partial charge in [0.25, 0.3) is 0 Å². The van der Waals surface area contributed by atoms with Crippen molar-refractivity contribution >= 4 is 0 Å². The molecule has 3 heteroatoms. The van der Waals surface area contributed by atoms with Crippen LogP contribution < -0.4 is 5.32 Å². The lowest BCUT2D eigenvalue weighted by molar-refractivity contribution is 0.263. The summed E-state index contributed by atoms with van der Waals surface area (Å²) in [6.45, 7) is 0.209. The Bertz CT molecular complexity index is 272. The van der Waals surface area contributed by atoms with E-state index in [9.17, 15) is 0 Å². The van der Waals surface area contributed by atoms with Gasteiger partial charge in [0.1, 0.15) is 0 Å². The van der Waals surface area contributed by atoms with Gasteiger partial charge in [0.2, 0.25) is 0 Å². The molecule has 3 nitrogen and oxygen atoms in total. The first-order valence-electron chi connectivity index (χ1n) is 5.18. The zero-order valence-electron chi connectivity index (χ0n) is 8.19. The summed E-state index contributed by atoms with van der Waals surface area (Å²) in [4.78, 5) is 4.30. The van der Waals surface area contributed by atoms with Crippen LogP contribution in [0.2, 0.25) is 0 Å². The maximum Gasteiger partial charge on any atom is 0.0574 e. The molecule has 0 bridgehead atoms. The maximum atomic E-state index is 8.96. The van der Waals surface area contributed by atoms with Crippen molar-refractivity contribution in [2.75, 3.05) is 6.61 Å². The largest absolute Gasteiger partial charge is 0.396 e. The van der Waals surface area contributed by atoms with Crippen LogP contribution in [-0.4, -0.2) is 22.7 Å². The summed E-state index contributed by atoms with van der Waals surface area (Å²) < 4.78 is 0. The monoisotopic (exact) mass is 192 g/mol. The van der Waals surface area contributed by atoms with Crippen LogP contribution in [0, 0.1) is 0 Å². The highest BCUT2D eigenvalue weighted by Crippen LogP contribution is 2.24. The molecule has 1 aromatic heterocycles. The standard InChI is InChI=1S/C11H16N2O/c14-8-6-11(13-9-4-5-9)10-3-1-2-7-12-10/h1-3,7,9,11,13-14H,4-6,8H2. The van der Waals surface area contributed by atoms with Crippen molar-refractivity contribution in [3.63, 3.8) is 0 Å². The molecule has 1 unspecified atom stereocenters. The molecule has 1 atom stereocenters. The molecule has 1 aliphatic rings. The lowest BCUT2D eigenvalue weighted by atomic mass is 10.1. The van der Waals surface area contributed by atoms with E-state index >= 15 is 0 Å². The fourth-order valence-electron chi connectivity index (χ4n) is 1.56. The average molecular weight is 192 g/mol. The second-order valence-electron chi connectivity index (χ2n) is 3.76. The normalized spacial score (nSPS) is 18.1. The van der Waals surface area contributed by atoms with Crippen molar-refractivity contribution in [1.29, 1.82) is 0 Å². The zero-order valence-corrected chi connectivity index (χ0v) is 8.19. The minimum absolute atomic E-state index is 0.209. The molecule has 0 aromatic carbocycles. The lowest BCUT2D eigenvalue weighted by Gasteiger charge is -2.16. The SMILES string of the molecule is OCCC(NC1CC1)c1ccccn1. The molecule has 0 radical (unpaired) electrons. The highest BCUT2D eigenvalue weighted by Gasteiger charge is 2.25. The van der Waals surface area contributed by atoms with Crippen LogP contribution in [0.25, 0.3) is 0 Å². The van der Waals surface area contributed by atoms with E-state index in [1.165, 1.54) is 12.8 Å². The van der Waals surface area contributed by atoms with Gasteiger partial charge in [-0.2, -0.15) is 0 Å². The van der Waals surface area contributed by atoms with Gasteiger partial charge >= 0.3 is 0 Å². The van der Waals surface area contributed by atoms with Crippen molar-refractivity contribution in [2.24, 2.45) is 0 Å². The van der Waals surface area contributed by atoms with Crippen LogP contribution >= 0.6 is 0 Å². The molecular formula is C11H16N2O. The predicted octanol–water partition coefficient (Wildman–Crippen LogP) is 1.26. The van der Waals surface area contributed by atoms with Gasteiger partial charge in [0.15, 0.2) is 0 Å². The number of hydrogen-bond acceptors (Lipinski definition) is 3. The van der Waals surface area contributed by atoms with Crippen LogP contribution in [0.3, 0.4) is 0 Å². The molecule has 76 valence electrons. The van der Waals surface area contributed by atoms with Crippen LogP contribution in [0.1, 0.15) is 31.0 Å². The Labute approximate surface area is 84.2 Å². The molecule has 0 aliphatic heterocycles. The number of aromatic nitrogens is 1. The van der Waals surface area contributed by atoms with E-state index in [1.807, 2.05) is 18.2 Å². The van der Waals surface area contributed by atoms with Gasteiger partial charge in [-0.3, -0.25) is 4.98 Å². The number of aliphatic hydroxyl groups is 1. The summed E-state index contributed by atoms with van der Waals surface area (Å²) in [6.07, 6.45) is 5.06. The summed E-state index contributed by atoms with van der Waals surface area (Å²) in [7, 11) is 0. The van der Waals surface area contributed by atoms with Gasteiger partial charge in [-0.15, -0.1) is 0 Å². The number of hydrogen-bond donors (Lipinski definition) is 2. The van der Waals surface area contributed by atoms with Gasteiger partial charge in [-0.25, -0.2) is 0 Å². The molecule has 0 spiro atoms. The van der Waals surface area contributed by atoms with E-state index in [1.54, 1.807) is 6.20 Å². The third-order valence-electron chi connectivity index (χ3n) is 2.48. The topological polar surface area (TPSA) is 45.1 Å². The molecule has 2 N–H and O–H groups in total. The summed E-state index contributed by atoms with van der Waals surface area (Å²) >= 11 is 0. The Kier molecular flexibility index (Phi) is 3.11. The number of pyridine rings is 1. The summed E-state index contributed by atoms with van der Waals surface area (Å²) in [6, 6.07) is 6.77. The van der Waals surface area contributed by atoms with E-state index in [2.05, 4.69) is 10.3 Å². The molecule has 14 heavy (non-hydrogen) atoms. The molecule has 0 amide bonds. The predicted molar refractivity (Wildman–Crippen MR) is 54.8 cm³/mol. The molecule has 1 aromatic rings. The summed E-state index contributed by atoms with van der Waals surface area (Å²) in [5, 5.41) is 12.4. The molecule has 0 saturated heterocycles. The Hall–Kier alpha value is -0.930. The van der Waals surface area contributed by atoms with E-state index in [0.29, 0.717) is 6.04 Å². The first-order chi connectivity index (χ1) is 6.90. The summed E-state index contributed by atoms with van der Waals surface area (Å²) in [5.74, 6) is 0. The summed E-state index contributed by atoms with van der Waals surface area (Å²) in [5.41, 5.74) is 1.04. The fraction of sp³-hybridized carbons (Fsp3) is 0.545. The first kappa shape index (κ1) is 9.62. The van der Waals surface area contributed by atoms with Crippen LogP contribution in [0.5, 0.6) is 0 Å². The first-order valence-corrected chi connectivity index (χ1v) is 5.18. The number of rotatable bonds is 5. The maximum absolute atomic E-state index is 8.96. The number of nitrogens with one attached hydrogen (secondary N) is 1. The van der Waals surface area contributed by atoms with E-state index in [0.717, 1.165) is 12.1 Å². The van der Waals surface area contributed by atoms with Crippen molar-refractivity contribution in [1.82, 2.24) is 10.3 Å². The average Bonchev–Trinajstić information content (AvgIpc) is 3.03. The minimum atomic E-state index is 0.209. The number of nitrogens with zero attached hydrogens (tertiary/aromatic N) is 1. The third kappa shape index (κ3) is 2.53. The highest BCUT2D eigenvalue weighted by molar-refractivity contribution is 5.09. The van der Waals surface area contributed by atoms with Crippen LogP contribution in [-0.2, 0) is 0 Å². The Balaban J connectivity index is 2.01. The minimum Gasteiger partial charge on any atom is -0.396 e. The second-order valence-corrected chi connectivity index (χ2v) is 3.76. The van der Waals surface area contributed by atoms with Gasteiger partial charge in [0, 0.05) is 18.8 Å². The highest BCUT2D eigenvalue weighted by atomic mass is 16.3. The smallest absolute Gasteiger partial charge is 0.0574 e. The molecule has 2 rings (SSSR count). The van der Waals surface area contributed by atoms with Crippen molar-refractivity contribution in [2.45, 2.75) is 31.3 Å². The van der Waals surface area contributed by atoms with Crippen molar-refractivity contribution in [3.8, 4) is 0 Å². The van der Waals surface area contributed by atoms with Crippen LogP contribution in [0.15, 0.2) is 24.4 Å². The lowest BCUT2D eigenvalue weighted by Crippen LogP contribution is -2.25. The van der Waals surface area contributed by atoms with Gasteiger partial charge in [-0.1, -0.05) is 6.07 Å². The van der Waals surface area contributed by atoms with Crippen LogP contribution in [0.4, 0.5) is 0 Å². The zero-order chi connectivity index (χ0) is 9.80. The van der Waals surface area contributed by atoms with E-state index in [4.69, 9.17) is 5.11 Å². The van der Waals surface area contributed by atoms with Gasteiger partial charge in [-0.05, 0) is 31.4 Å². The van der Waals surface area contributed by atoms with E-state index in [-0.39, 0.29) is 12.6 Å². The Morgan fingerprint density at radius 3 is 2.93 bits per heavy atom. The van der Waals surface area contributed by atoms with Crippen molar-refractivity contribution < 1.29 is 5.11 Å². The Morgan fingerprint density at radius 2 is 2.36 bits per heavy atom.